The average Bonchev–Trinajstić information content (AvgIpc) is 3.14. The third-order valence-corrected chi connectivity index (χ3v) is 5.02. The van der Waals surface area contributed by atoms with Crippen molar-refractivity contribution in [1.29, 1.82) is 0 Å². The number of hydrogen-bond donors (Lipinski definition) is 1. The van der Waals surface area contributed by atoms with Gasteiger partial charge in [-0.05, 0) is 12.1 Å². The lowest BCUT2D eigenvalue weighted by Gasteiger charge is -2.31. The number of rotatable bonds is 5. The number of carbonyl (C=O) groups excluding carboxylic acids is 1. The summed E-state index contributed by atoms with van der Waals surface area (Å²) in [6.45, 7) is 1.08. The van der Waals surface area contributed by atoms with E-state index in [1.807, 2.05) is 0 Å². The highest BCUT2D eigenvalue weighted by Gasteiger charge is 2.26. The van der Waals surface area contributed by atoms with Gasteiger partial charge < -0.3 is 10.1 Å². The highest BCUT2D eigenvalue weighted by atomic mass is 32.2. The van der Waals surface area contributed by atoms with E-state index in [1.165, 1.54) is 23.2 Å². The van der Waals surface area contributed by atoms with Crippen LogP contribution in [-0.4, -0.2) is 77.0 Å². The Hall–Kier alpha value is -2.37. The number of carbonyl (C=O) groups is 1. The van der Waals surface area contributed by atoms with E-state index in [9.17, 15) is 13.2 Å². The van der Waals surface area contributed by atoms with Crippen molar-refractivity contribution in [2.24, 2.45) is 0 Å². The molecular weight excluding hydrogens is 348 g/mol. The molecule has 2 aromatic heterocycles. The highest BCUT2D eigenvalue weighted by Crippen LogP contribution is 2.09. The number of ether oxygens (including phenoxy) is 1. The molecule has 0 aromatic carbocycles. The van der Waals surface area contributed by atoms with Gasteiger partial charge in [0, 0.05) is 31.4 Å². The molecule has 1 amide bonds. The minimum atomic E-state index is -3.26. The molecule has 0 bridgehead atoms. The second kappa shape index (κ2) is 7.25. The summed E-state index contributed by atoms with van der Waals surface area (Å²) in [6.07, 6.45) is 5.27. The molecule has 1 aliphatic heterocycles. The third-order valence-electron chi connectivity index (χ3n) is 3.75. The van der Waals surface area contributed by atoms with Crippen LogP contribution in [0.5, 0.6) is 0 Å². The summed E-state index contributed by atoms with van der Waals surface area (Å²) >= 11 is 0. The second-order valence-corrected chi connectivity index (χ2v) is 7.58. The Kier molecular flexibility index (Phi) is 5.06. The average molecular weight is 366 g/mol. The van der Waals surface area contributed by atoms with Gasteiger partial charge in [-0.25, -0.2) is 13.4 Å². The summed E-state index contributed by atoms with van der Waals surface area (Å²) in [5.41, 5.74) is 0.425. The monoisotopic (exact) mass is 366 g/mol. The molecule has 0 aliphatic carbocycles. The quantitative estimate of drug-likeness (QED) is 0.725. The van der Waals surface area contributed by atoms with Crippen LogP contribution in [0.25, 0.3) is 5.82 Å². The van der Waals surface area contributed by atoms with Crippen molar-refractivity contribution in [1.82, 2.24) is 29.4 Å². The van der Waals surface area contributed by atoms with E-state index in [0.717, 1.165) is 6.26 Å². The molecule has 0 spiro atoms. The molecule has 134 valence electrons. The number of sulfonamides is 1. The normalized spacial score (nSPS) is 18.8. The fraction of sp³-hybridized carbons (Fsp3) is 0.429. The first-order valence-electron chi connectivity index (χ1n) is 7.59. The molecular formula is C14H18N6O4S. The van der Waals surface area contributed by atoms with Crippen LogP contribution in [0.2, 0.25) is 0 Å². The second-order valence-electron chi connectivity index (χ2n) is 5.60. The smallest absolute Gasteiger partial charge is 0.251 e. The van der Waals surface area contributed by atoms with Crippen LogP contribution >= 0.6 is 0 Å². The van der Waals surface area contributed by atoms with Crippen molar-refractivity contribution in [3.05, 3.63) is 36.5 Å². The summed E-state index contributed by atoms with van der Waals surface area (Å²) in [4.78, 5) is 16.5. The molecule has 0 radical (unpaired) electrons. The van der Waals surface area contributed by atoms with Crippen LogP contribution in [0.3, 0.4) is 0 Å². The van der Waals surface area contributed by atoms with E-state index in [2.05, 4.69) is 20.5 Å². The van der Waals surface area contributed by atoms with E-state index < -0.39 is 10.0 Å². The predicted octanol–water partition coefficient (Wildman–Crippen LogP) is -0.947. The van der Waals surface area contributed by atoms with E-state index >= 15 is 0 Å². The first kappa shape index (κ1) is 17.5. The van der Waals surface area contributed by atoms with Gasteiger partial charge in [0.15, 0.2) is 0 Å². The number of nitrogens with one attached hydrogen (secondary N) is 1. The number of nitrogens with zero attached hydrogens (tertiary/aromatic N) is 5. The Bertz CT molecular complexity index is 839. The maximum Gasteiger partial charge on any atom is 0.251 e. The number of pyridine rings is 1. The van der Waals surface area contributed by atoms with E-state index in [4.69, 9.17) is 4.74 Å². The van der Waals surface area contributed by atoms with Crippen molar-refractivity contribution in [2.45, 2.75) is 6.10 Å². The fourth-order valence-corrected chi connectivity index (χ4v) is 3.29. The number of aromatic nitrogens is 4. The van der Waals surface area contributed by atoms with Crippen LogP contribution in [0.15, 0.2) is 31.0 Å². The van der Waals surface area contributed by atoms with Gasteiger partial charge >= 0.3 is 0 Å². The van der Waals surface area contributed by atoms with Crippen molar-refractivity contribution in [2.75, 3.05) is 32.5 Å². The first-order chi connectivity index (χ1) is 11.9. The zero-order chi connectivity index (χ0) is 17.9. The number of hydrogen-bond acceptors (Lipinski definition) is 7. The summed E-state index contributed by atoms with van der Waals surface area (Å²) in [5.74, 6) is 0.228. The summed E-state index contributed by atoms with van der Waals surface area (Å²) in [5, 5.41) is 10.2. The number of morpholine rings is 1. The summed E-state index contributed by atoms with van der Waals surface area (Å²) < 4.78 is 31.7. The van der Waals surface area contributed by atoms with Gasteiger partial charge in [0.25, 0.3) is 5.91 Å². The Labute approximate surface area is 144 Å². The van der Waals surface area contributed by atoms with Crippen molar-refractivity contribution >= 4 is 15.9 Å². The predicted molar refractivity (Wildman–Crippen MR) is 87.6 cm³/mol. The van der Waals surface area contributed by atoms with Crippen LogP contribution in [0.1, 0.15) is 10.4 Å². The largest absolute Gasteiger partial charge is 0.374 e. The molecule has 1 atom stereocenters. The molecule has 1 N–H and O–H groups in total. The zero-order valence-electron chi connectivity index (χ0n) is 13.6. The van der Waals surface area contributed by atoms with Gasteiger partial charge in [-0.15, -0.1) is 10.2 Å². The van der Waals surface area contributed by atoms with E-state index in [0.29, 0.717) is 24.5 Å². The lowest BCUT2D eigenvalue weighted by molar-refractivity contribution is 0.000438. The zero-order valence-corrected chi connectivity index (χ0v) is 14.4. The van der Waals surface area contributed by atoms with Crippen LogP contribution < -0.4 is 5.32 Å². The molecule has 11 heteroatoms. The van der Waals surface area contributed by atoms with Crippen LogP contribution in [0, 0.1) is 0 Å². The molecule has 2 aromatic rings. The molecule has 10 nitrogen and oxygen atoms in total. The Balaban J connectivity index is 1.60. The Morgan fingerprint density at radius 3 is 2.88 bits per heavy atom. The summed E-state index contributed by atoms with van der Waals surface area (Å²) in [6, 6.07) is 3.21. The highest BCUT2D eigenvalue weighted by molar-refractivity contribution is 7.88. The standard InChI is InChI=1S/C14H18N6O4S/c1-25(22,23)20-4-5-24-12(8-20)7-16-14(21)11-2-3-15-13(6-11)19-9-17-18-10-19/h2-3,6,9-10,12H,4-5,7-8H2,1H3,(H,16,21)/t12-/m0/s1. The van der Waals surface area contributed by atoms with E-state index in [-0.39, 0.29) is 25.1 Å². The Morgan fingerprint density at radius 2 is 2.16 bits per heavy atom. The van der Waals surface area contributed by atoms with Gasteiger partial charge in [0.05, 0.1) is 19.0 Å². The van der Waals surface area contributed by atoms with Gasteiger partial charge in [-0.2, -0.15) is 4.31 Å². The molecule has 1 saturated heterocycles. The van der Waals surface area contributed by atoms with Crippen LogP contribution in [0.4, 0.5) is 0 Å². The number of amides is 1. The Morgan fingerprint density at radius 1 is 1.40 bits per heavy atom. The fourth-order valence-electron chi connectivity index (χ4n) is 2.45. The van der Waals surface area contributed by atoms with Gasteiger partial charge in [0.2, 0.25) is 10.0 Å². The third kappa shape index (κ3) is 4.38. The topological polar surface area (TPSA) is 119 Å². The van der Waals surface area contributed by atoms with Gasteiger partial charge in [-0.3, -0.25) is 9.36 Å². The van der Waals surface area contributed by atoms with Crippen LogP contribution in [-0.2, 0) is 14.8 Å². The lowest BCUT2D eigenvalue weighted by atomic mass is 10.2. The maximum absolute atomic E-state index is 12.3. The molecule has 1 aliphatic rings. The van der Waals surface area contributed by atoms with Crippen molar-refractivity contribution in [3.63, 3.8) is 0 Å². The van der Waals surface area contributed by atoms with Gasteiger partial charge in [0.1, 0.15) is 18.5 Å². The molecule has 1 fully saturated rings. The lowest BCUT2D eigenvalue weighted by Crippen LogP contribution is -2.49. The van der Waals surface area contributed by atoms with Crippen molar-refractivity contribution in [3.8, 4) is 5.82 Å². The summed E-state index contributed by atoms with van der Waals surface area (Å²) in [7, 11) is -3.26. The minimum absolute atomic E-state index is 0.217. The van der Waals surface area contributed by atoms with Crippen molar-refractivity contribution < 1.29 is 17.9 Å². The first-order valence-corrected chi connectivity index (χ1v) is 9.44. The van der Waals surface area contributed by atoms with Gasteiger partial charge in [-0.1, -0.05) is 0 Å². The SMILES string of the molecule is CS(=O)(=O)N1CCO[C@@H](CNC(=O)c2ccnc(-n3cnnc3)c2)C1. The maximum atomic E-state index is 12.3. The molecule has 0 saturated carbocycles. The molecule has 25 heavy (non-hydrogen) atoms. The molecule has 3 heterocycles. The minimum Gasteiger partial charge on any atom is -0.374 e. The van der Waals surface area contributed by atoms with E-state index in [1.54, 1.807) is 16.7 Å². The molecule has 0 unspecified atom stereocenters. The molecule has 3 rings (SSSR count).